The van der Waals surface area contributed by atoms with E-state index in [1.54, 1.807) is 23.1 Å². The number of aromatic amines is 1. The summed E-state index contributed by atoms with van der Waals surface area (Å²) in [6.07, 6.45) is 3.23. The third kappa shape index (κ3) is 6.23. The zero-order chi connectivity index (χ0) is 27.2. The van der Waals surface area contributed by atoms with Gasteiger partial charge >= 0.3 is 0 Å². The van der Waals surface area contributed by atoms with Crippen molar-refractivity contribution in [2.75, 3.05) is 6.61 Å². The third-order valence-corrected chi connectivity index (χ3v) is 6.62. The van der Waals surface area contributed by atoms with Crippen molar-refractivity contribution in [3.05, 3.63) is 106 Å². The number of fused-ring (bicyclic) bond motifs is 1. The van der Waals surface area contributed by atoms with Crippen LogP contribution in [-0.2, 0) is 19.6 Å². The van der Waals surface area contributed by atoms with Crippen LogP contribution in [0.25, 0.3) is 10.9 Å². The smallest absolute Gasteiger partial charge is 0.252 e. The Labute approximate surface area is 225 Å². The highest BCUT2D eigenvalue weighted by molar-refractivity contribution is 5.80. The van der Waals surface area contributed by atoms with Gasteiger partial charge in [0.05, 0.1) is 18.9 Å². The quantitative estimate of drug-likeness (QED) is 0.235. The summed E-state index contributed by atoms with van der Waals surface area (Å²) in [6, 6.07) is 17.4. The van der Waals surface area contributed by atoms with E-state index in [9.17, 15) is 9.18 Å². The second-order valence-corrected chi connectivity index (χ2v) is 9.42. The lowest BCUT2D eigenvalue weighted by molar-refractivity contribution is 0.155. The Balaban J connectivity index is 1.53. The number of pyridine rings is 1. The van der Waals surface area contributed by atoms with Crippen molar-refractivity contribution >= 4 is 10.9 Å². The van der Waals surface area contributed by atoms with Gasteiger partial charge in [-0.3, -0.25) is 9.69 Å². The molecule has 3 heterocycles. The van der Waals surface area contributed by atoms with E-state index in [2.05, 4.69) is 32.3 Å². The number of rotatable bonds is 12. The van der Waals surface area contributed by atoms with Crippen LogP contribution in [0.5, 0.6) is 5.75 Å². The SMILES string of the molecule is CCC[C@H](c1nnnn1Cc1ccco1)N(Cc1ccc(F)cc1)Cc1cc2cc(OCC)ccc2[nH]c1=O. The van der Waals surface area contributed by atoms with Crippen LogP contribution in [0, 0.1) is 5.82 Å². The number of aromatic nitrogens is 5. The molecule has 2 aromatic carbocycles. The number of ether oxygens (including phenoxy) is 1. The molecule has 39 heavy (non-hydrogen) atoms. The molecule has 1 N–H and O–H groups in total. The van der Waals surface area contributed by atoms with E-state index < -0.39 is 0 Å². The maximum Gasteiger partial charge on any atom is 0.252 e. The highest BCUT2D eigenvalue weighted by Crippen LogP contribution is 2.29. The number of furan rings is 1. The number of nitrogens with one attached hydrogen (secondary N) is 1. The number of H-pyrrole nitrogens is 1. The molecular weight excluding hydrogens is 499 g/mol. The summed E-state index contributed by atoms with van der Waals surface area (Å²) in [5.74, 6) is 1.85. The molecule has 1 atom stereocenters. The van der Waals surface area contributed by atoms with E-state index >= 15 is 0 Å². The molecule has 0 saturated carbocycles. The summed E-state index contributed by atoms with van der Waals surface area (Å²) >= 11 is 0. The molecule has 3 aromatic heterocycles. The second-order valence-electron chi connectivity index (χ2n) is 9.42. The predicted octanol–water partition coefficient (Wildman–Crippen LogP) is 5.24. The van der Waals surface area contributed by atoms with Crippen molar-refractivity contribution in [2.45, 2.75) is 52.4 Å². The van der Waals surface area contributed by atoms with E-state index in [4.69, 9.17) is 9.15 Å². The minimum absolute atomic E-state index is 0.166. The second kappa shape index (κ2) is 12.0. The first-order chi connectivity index (χ1) is 19.0. The van der Waals surface area contributed by atoms with Gasteiger partial charge in [-0.05, 0) is 77.9 Å². The molecule has 0 saturated heterocycles. The number of tetrazole rings is 1. The Bertz CT molecular complexity index is 1560. The Hall–Kier alpha value is -4.31. The van der Waals surface area contributed by atoms with E-state index in [-0.39, 0.29) is 17.4 Å². The van der Waals surface area contributed by atoms with Crippen LogP contribution in [0.2, 0.25) is 0 Å². The number of halogens is 1. The van der Waals surface area contributed by atoms with Crippen molar-refractivity contribution in [3.63, 3.8) is 0 Å². The van der Waals surface area contributed by atoms with Crippen LogP contribution in [0.15, 0.2) is 76.1 Å². The number of hydrogen-bond donors (Lipinski definition) is 1. The molecule has 10 heteroatoms. The average molecular weight is 531 g/mol. The fraction of sp³-hybridized carbons (Fsp3) is 0.310. The normalized spacial score (nSPS) is 12.3. The van der Waals surface area contributed by atoms with Crippen LogP contribution in [-0.4, -0.2) is 36.7 Å². The molecular formula is C29H31FN6O3. The lowest BCUT2D eigenvalue weighted by atomic mass is 10.1. The van der Waals surface area contributed by atoms with Gasteiger partial charge in [0.1, 0.15) is 23.9 Å². The van der Waals surface area contributed by atoms with Gasteiger partial charge in [-0.15, -0.1) is 5.10 Å². The molecule has 9 nitrogen and oxygen atoms in total. The van der Waals surface area contributed by atoms with E-state index in [1.807, 2.05) is 43.3 Å². The summed E-state index contributed by atoms with van der Waals surface area (Å²) in [5.41, 5.74) is 2.09. The maximum absolute atomic E-state index is 13.7. The fourth-order valence-electron chi connectivity index (χ4n) is 4.78. The minimum atomic E-state index is -0.297. The molecule has 0 aliphatic rings. The van der Waals surface area contributed by atoms with Crippen LogP contribution >= 0.6 is 0 Å². The zero-order valence-electron chi connectivity index (χ0n) is 22.0. The Morgan fingerprint density at radius 1 is 1.10 bits per heavy atom. The van der Waals surface area contributed by atoms with Crippen LogP contribution in [0.1, 0.15) is 55.4 Å². The van der Waals surface area contributed by atoms with Crippen LogP contribution in [0.3, 0.4) is 0 Å². The van der Waals surface area contributed by atoms with Gasteiger partial charge in [-0.2, -0.15) is 0 Å². The van der Waals surface area contributed by atoms with Crippen LogP contribution in [0.4, 0.5) is 4.39 Å². The molecule has 0 aliphatic carbocycles. The van der Waals surface area contributed by atoms with Gasteiger partial charge in [0.25, 0.3) is 5.56 Å². The third-order valence-electron chi connectivity index (χ3n) is 6.62. The fourth-order valence-corrected chi connectivity index (χ4v) is 4.78. The van der Waals surface area contributed by atoms with Gasteiger partial charge in [-0.25, -0.2) is 9.07 Å². The first kappa shape index (κ1) is 26.3. The highest BCUT2D eigenvalue weighted by Gasteiger charge is 2.27. The molecule has 0 amide bonds. The van der Waals surface area contributed by atoms with Crippen molar-refractivity contribution < 1.29 is 13.5 Å². The van der Waals surface area contributed by atoms with Crippen molar-refractivity contribution in [3.8, 4) is 5.75 Å². The lowest BCUT2D eigenvalue weighted by Gasteiger charge is -2.31. The van der Waals surface area contributed by atoms with Crippen molar-refractivity contribution in [2.24, 2.45) is 0 Å². The molecule has 0 aliphatic heterocycles. The molecule has 0 fully saturated rings. The zero-order valence-corrected chi connectivity index (χ0v) is 22.0. The van der Waals surface area contributed by atoms with E-state index in [1.165, 1.54) is 12.1 Å². The molecule has 5 aromatic rings. The van der Waals surface area contributed by atoms with Gasteiger partial charge in [0.15, 0.2) is 5.82 Å². The molecule has 202 valence electrons. The Morgan fingerprint density at radius 3 is 2.69 bits per heavy atom. The molecule has 0 radical (unpaired) electrons. The van der Waals surface area contributed by atoms with Crippen molar-refractivity contribution in [1.29, 1.82) is 0 Å². The van der Waals surface area contributed by atoms with Gasteiger partial charge in [-0.1, -0.05) is 25.5 Å². The summed E-state index contributed by atoms with van der Waals surface area (Å²) in [4.78, 5) is 18.4. The summed E-state index contributed by atoms with van der Waals surface area (Å²) in [5, 5.41) is 13.5. The topological polar surface area (TPSA) is 102 Å². The first-order valence-corrected chi connectivity index (χ1v) is 13.1. The molecule has 0 unspecified atom stereocenters. The number of benzene rings is 2. The monoisotopic (exact) mass is 530 g/mol. The van der Waals surface area contributed by atoms with Crippen LogP contribution < -0.4 is 10.3 Å². The Kier molecular flexibility index (Phi) is 8.12. The van der Waals surface area contributed by atoms with Gasteiger partial charge in [0.2, 0.25) is 0 Å². The summed E-state index contributed by atoms with van der Waals surface area (Å²) < 4.78 is 26.6. The maximum atomic E-state index is 13.7. The van der Waals surface area contributed by atoms with Gasteiger partial charge < -0.3 is 14.1 Å². The molecule has 5 rings (SSSR count). The minimum Gasteiger partial charge on any atom is -0.494 e. The summed E-state index contributed by atoms with van der Waals surface area (Å²) in [7, 11) is 0. The van der Waals surface area contributed by atoms with Gasteiger partial charge in [0, 0.05) is 29.6 Å². The molecule has 0 spiro atoms. The number of hydrogen-bond acceptors (Lipinski definition) is 7. The largest absolute Gasteiger partial charge is 0.494 e. The number of nitrogens with zero attached hydrogens (tertiary/aromatic N) is 5. The molecule has 0 bridgehead atoms. The van der Waals surface area contributed by atoms with Crippen molar-refractivity contribution in [1.82, 2.24) is 30.1 Å². The highest BCUT2D eigenvalue weighted by atomic mass is 19.1. The standard InChI is InChI=1S/C29H31FN6O3/c1-3-6-27(28-32-33-34-36(28)19-25-7-5-14-39-25)35(17-20-8-10-23(30)11-9-20)18-22-15-21-16-24(38-4-2)12-13-26(21)31-29(22)37/h5,7-16,27H,3-4,6,17-19H2,1-2H3,(H,31,37)/t27-/m1/s1. The summed E-state index contributed by atoms with van der Waals surface area (Å²) in [6.45, 7) is 5.77. The first-order valence-electron chi connectivity index (χ1n) is 13.1. The lowest BCUT2D eigenvalue weighted by Crippen LogP contribution is -2.32. The van der Waals surface area contributed by atoms with E-state index in [0.29, 0.717) is 37.6 Å². The Morgan fingerprint density at radius 2 is 1.95 bits per heavy atom. The average Bonchev–Trinajstić information content (AvgIpc) is 3.62. The predicted molar refractivity (Wildman–Crippen MR) is 145 cm³/mol. The van der Waals surface area contributed by atoms with E-state index in [0.717, 1.165) is 40.8 Å².